The lowest BCUT2D eigenvalue weighted by atomic mass is 10.0. The standard InChI is InChI=1S/C13H17F2NO2/c1-2-16-12(8-13-17-5-6-18-13)10-7-9(14)3-4-11(10)15/h3-4,7,12-13,16H,2,5-6,8H2,1H3. The molecule has 5 heteroatoms. The van der Waals surface area contributed by atoms with Gasteiger partial charge in [0.1, 0.15) is 11.6 Å². The summed E-state index contributed by atoms with van der Waals surface area (Å²) < 4.78 is 37.6. The summed E-state index contributed by atoms with van der Waals surface area (Å²) >= 11 is 0. The highest BCUT2D eigenvalue weighted by atomic mass is 19.1. The van der Waals surface area contributed by atoms with E-state index in [-0.39, 0.29) is 12.3 Å². The Balaban J connectivity index is 2.14. The molecule has 0 aliphatic carbocycles. The van der Waals surface area contributed by atoms with E-state index in [0.29, 0.717) is 31.7 Å². The minimum Gasteiger partial charge on any atom is -0.350 e. The second-order valence-electron chi connectivity index (χ2n) is 4.18. The predicted molar refractivity (Wildman–Crippen MR) is 63.1 cm³/mol. The van der Waals surface area contributed by atoms with Gasteiger partial charge >= 0.3 is 0 Å². The number of benzene rings is 1. The molecule has 0 spiro atoms. The Morgan fingerprint density at radius 2 is 2.06 bits per heavy atom. The smallest absolute Gasteiger partial charge is 0.159 e. The van der Waals surface area contributed by atoms with Gasteiger partial charge in [-0.15, -0.1) is 0 Å². The molecule has 3 nitrogen and oxygen atoms in total. The molecule has 0 aromatic heterocycles. The molecular formula is C13H17F2NO2. The molecule has 0 radical (unpaired) electrons. The molecule has 0 bridgehead atoms. The normalized spacial score (nSPS) is 18.2. The van der Waals surface area contributed by atoms with Crippen LogP contribution in [-0.4, -0.2) is 26.0 Å². The van der Waals surface area contributed by atoms with Crippen molar-refractivity contribution in [3.8, 4) is 0 Å². The van der Waals surface area contributed by atoms with Gasteiger partial charge in [-0.3, -0.25) is 0 Å². The van der Waals surface area contributed by atoms with Crippen LogP contribution in [0.25, 0.3) is 0 Å². The molecule has 18 heavy (non-hydrogen) atoms. The Labute approximate surface area is 105 Å². The van der Waals surface area contributed by atoms with Crippen LogP contribution in [0.4, 0.5) is 8.78 Å². The van der Waals surface area contributed by atoms with Gasteiger partial charge in [-0.1, -0.05) is 6.92 Å². The molecule has 1 N–H and O–H groups in total. The average Bonchev–Trinajstić information content (AvgIpc) is 2.85. The quantitative estimate of drug-likeness (QED) is 0.878. The molecular weight excluding hydrogens is 240 g/mol. The largest absolute Gasteiger partial charge is 0.350 e. The average molecular weight is 257 g/mol. The first-order valence-electron chi connectivity index (χ1n) is 6.12. The van der Waals surface area contributed by atoms with Crippen LogP contribution in [0.15, 0.2) is 18.2 Å². The van der Waals surface area contributed by atoms with Gasteiger partial charge in [0.2, 0.25) is 0 Å². The van der Waals surface area contributed by atoms with E-state index in [9.17, 15) is 8.78 Å². The van der Waals surface area contributed by atoms with E-state index >= 15 is 0 Å². The van der Waals surface area contributed by atoms with E-state index in [0.717, 1.165) is 12.1 Å². The third-order valence-electron chi connectivity index (χ3n) is 2.90. The van der Waals surface area contributed by atoms with Gasteiger partial charge in [-0.25, -0.2) is 8.78 Å². The van der Waals surface area contributed by atoms with Crippen molar-refractivity contribution in [3.63, 3.8) is 0 Å². The molecule has 100 valence electrons. The number of rotatable bonds is 5. The molecule has 1 aromatic carbocycles. The van der Waals surface area contributed by atoms with Crippen molar-refractivity contribution in [2.24, 2.45) is 0 Å². The van der Waals surface area contributed by atoms with Crippen molar-refractivity contribution in [2.45, 2.75) is 25.7 Å². The Kier molecular flexibility index (Phi) is 4.63. The number of hydrogen-bond acceptors (Lipinski definition) is 3. The summed E-state index contributed by atoms with van der Waals surface area (Å²) in [6.45, 7) is 3.68. The van der Waals surface area contributed by atoms with E-state index in [1.165, 1.54) is 6.07 Å². The van der Waals surface area contributed by atoms with Gasteiger partial charge in [0.05, 0.1) is 13.2 Å². The lowest BCUT2D eigenvalue weighted by molar-refractivity contribution is -0.0531. The monoisotopic (exact) mass is 257 g/mol. The Bertz CT molecular complexity index is 395. The van der Waals surface area contributed by atoms with Gasteiger partial charge in [0.15, 0.2) is 6.29 Å². The molecule has 0 saturated carbocycles. The van der Waals surface area contributed by atoms with Crippen molar-refractivity contribution >= 4 is 0 Å². The van der Waals surface area contributed by atoms with Crippen LogP contribution in [0.3, 0.4) is 0 Å². The Morgan fingerprint density at radius 1 is 1.33 bits per heavy atom. The highest BCUT2D eigenvalue weighted by Gasteiger charge is 2.24. The zero-order valence-electron chi connectivity index (χ0n) is 10.3. The number of ether oxygens (including phenoxy) is 2. The molecule has 1 heterocycles. The summed E-state index contributed by atoms with van der Waals surface area (Å²) in [6, 6.07) is 3.17. The molecule has 1 aromatic rings. The molecule has 1 atom stereocenters. The van der Waals surface area contributed by atoms with E-state index in [1.807, 2.05) is 6.92 Å². The number of halogens is 2. The highest BCUT2D eigenvalue weighted by Crippen LogP contribution is 2.25. The zero-order chi connectivity index (χ0) is 13.0. The minimum absolute atomic E-state index is 0.311. The fourth-order valence-corrected chi connectivity index (χ4v) is 2.08. The van der Waals surface area contributed by atoms with Crippen LogP contribution < -0.4 is 5.32 Å². The first-order valence-corrected chi connectivity index (χ1v) is 6.12. The van der Waals surface area contributed by atoms with Crippen LogP contribution in [0, 0.1) is 11.6 Å². The number of hydrogen-bond donors (Lipinski definition) is 1. The Hall–Kier alpha value is -1.04. The first kappa shape index (κ1) is 13.4. The fraction of sp³-hybridized carbons (Fsp3) is 0.538. The van der Waals surface area contributed by atoms with Gasteiger partial charge in [-0.05, 0) is 24.7 Å². The van der Waals surface area contributed by atoms with Crippen LogP contribution in [0.5, 0.6) is 0 Å². The van der Waals surface area contributed by atoms with Gasteiger partial charge in [0, 0.05) is 18.0 Å². The first-order chi connectivity index (χ1) is 8.70. The van der Waals surface area contributed by atoms with Crippen LogP contribution in [0.2, 0.25) is 0 Å². The van der Waals surface area contributed by atoms with Crippen molar-refractivity contribution in [1.82, 2.24) is 5.32 Å². The maximum Gasteiger partial charge on any atom is 0.159 e. The summed E-state index contributed by atoms with van der Waals surface area (Å²) in [7, 11) is 0. The lowest BCUT2D eigenvalue weighted by Gasteiger charge is -2.21. The summed E-state index contributed by atoms with van der Waals surface area (Å²) in [5, 5.41) is 3.13. The molecule has 1 unspecified atom stereocenters. The number of nitrogens with one attached hydrogen (secondary N) is 1. The SMILES string of the molecule is CCNC(CC1OCCO1)c1cc(F)ccc1F. The van der Waals surface area contributed by atoms with Crippen molar-refractivity contribution in [1.29, 1.82) is 0 Å². The predicted octanol–water partition coefficient (Wildman–Crippen LogP) is 2.38. The third kappa shape index (κ3) is 3.25. The van der Waals surface area contributed by atoms with E-state index in [1.54, 1.807) is 0 Å². The maximum atomic E-state index is 13.7. The van der Waals surface area contributed by atoms with Crippen molar-refractivity contribution in [2.75, 3.05) is 19.8 Å². The van der Waals surface area contributed by atoms with E-state index in [2.05, 4.69) is 5.32 Å². The molecule has 1 aliphatic heterocycles. The van der Waals surface area contributed by atoms with Crippen LogP contribution >= 0.6 is 0 Å². The zero-order valence-corrected chi connectivity index (χ0v) is 10.3. The lowest BCUT2D eigenvalue weighted by Crippen LogP contribution is -2.26. The third-order valence-corrected chi connectivity index (χ3v) is 2.90. The molecule has 1 aliphatic rings. The molecule has 2 rings (SSSR count). The summed E-state index contributed by atoms with van der Waals surface area (Å²) in [5.41, 5.74) is 0.316. The fourth-order valence-electron chi connectivity index (χ4n) is 2.08. The minimum atomic E-state index is -0.442. The van der Waals surface area contributed by atoms with Crippen LogP contribution in [-0.2, 0) is 9.47 Å². The summed E-state index contributed by atoms with van der Waals surface area (Å²) in [5.74, 6) is -0.858. The van der Waals surface area contributed by atoms with Gasteiger partial charge in [-0.2, -0.15) is 0 Å². The Morgan fingerprint density at radius 3 is 2.72 bits per heavy atom. The molecule has 1 saturated heterocycles. The van der Waals surface area contributed by atoms with Crippen molar-refractivity contribution < 1.29 is 18.3 Å². The highest BCUT2D eigenvalue weighted by molar-refractivity contribution is 5.22. The van der Waals surface area contributed by atoms with E-state index in [4.69, 9.17) is 9.47 Å². The molecule has 1 fully saturated rings. The van der Waals surface area contributed by atoms with Gasteiger partial charge in [0.25, 0.3) is 0 Å². The second kappa shape index (κ2) is 6.22. The van der Waals surface area contributed by atoms with Gasteiger partial charge < -0.3 is 14.8 Å². The summed E-state index contributed by atoms with van der Waals surface area (Å²) in [4.78, 5) is 0. The summed E-state index contributed by atoms with van der Waals surface area (Å²) in [6.07, 6.45) is 0.116. The second-order valence-corrected chi connectivity index (χ2v) is 4.18. The molecule has 0 amide bonds. The van der Waals surface area contributed by atoms with Crippen LogP contribution in [0.1, 0.15) is 24.9 Å². The van der Waals surface area contributed by atoms with Crippen molar-refractivity contribution in [3.05, 3.63) is 35.4 Å². The van der Waals surface area contributed by atoms with E-state index < -0.39 is 11.6 Å². The maximum absolute atomic E-state index is 13.7. The topological polar surface area (TPSA) is 30.5 Å².